The van der Waals surface area contributed by atoms with Crippen molar-refractivity contribution in [2.24, 2.45) is 11.0 Å². The van der Waals surface area contributed by atoms with Crippen LogP contribution in [0, 0.1) is 5.92 Å². The number of nitrogens with one attached hydrogen (secondary N) is 1. The molecule has 0 spiro atoms. The van der Waals surface area contributed by atoms with E-state index in [4.69, 9.17) is 4.42 Å². The maximum atomic E-state index is 12.2. The second-order valence-electron chi connectivity index (χ2n) is 6.48. The molecular formula is C20H25N3O2. The van der Waals surface area contributed by atoms with Crippen LogP contribution in [0.3, 0.4) is 0 Å². The molecule has 1 heterocycles. The van der Waals surface area contributed by atoms with Crippen molar-refractivity contribution in [2.75, 3.05) is 18.0 Å². The average Bonchev–Trinajstić information content (AvgIpc) is 3.17. The van der Waals surface area contributed by atoms with Crippen LogP contribution in [0.4, 0.5) is 5.69 Å². The minimum absolute atomic E-state index is 0.232. The number of anilines is 1. The van der Waals surface area contributed by atoms with E-state index in [1.807, 2.05) is 36.4 Å². The van der Waals surface area contributed by atoms with Crippen LogP contribution in [0.15, 0.2) is 45.9 Å². The zero-order valence-electron chi connectivity index (χ0n) is 15.0. The number of rotatable bonds is 7. The Bertz CT molecular complexity index is 745. The van der Waals surface area contributed by atoms with Gasteiger partial charge in [-0.3, -0.25) is 4.79 Å². The van der Waals surface area contributed by atoms with Crippen molar-refractivity contribution in [3.8, 4) is 0 Å². The fraction of sp³-hybridized carbons (Fsp3) is 0.400. The van der Waals surface area contributed by atoms with Crippen LogP contribution >= 0.6 is 0 Å². The molecule has 132 valence electrons. The monoisotopic (exact) mass is 339 g/mol. The van der Waals surface area contributed by atoms with Gasteiger partial charge in [0.25, 0.3) is 5.91 Å². The summed E-state index contributed by atoms with van der Waals surface area (Å²) in [7, 11) is 0. The van der Waals surface area contributed by atoms with Gasteiger partial charge in [-0.05, 0) is 62.6 Å². The van der Waals surface area contributed by atoms with E-state index in [9.17, 15) is 4.79 Å². The Labute approximate surface area is 148 Å². The summed E-state index contributed by atoms with van der Waals surface area (Å²) in [5.41, 5.74) is 4.24. The summed E-state index contributed by atoms with van der Waals surface area (Å²) in [4.78, 5) is 14.4. The van der Waals surface area contributed by atoms with E-state index >= 15 is 0 Å². The minimum Gasteiger partial charge on any atom is -0.460 e. The molecule has 1 saturated carbocycles. The van der Waals surface area contributed by atoms with E-state index in [0.717, 1.165) is 24.5 Å². The highest BCUT2D eigenvalue weighted by atomic mass is 16.3. The summed E-state index contributed by atoms with van der Waals surface area (Å²) in [5, 5.41) is 3.99. The quantitative estimate of drug-likeness (QED) is 0.612. The topological polar surface area (TPSA) is 57.8 Å². The van der Waals surface area contributed by atoms with Crippen molar-refractivity contribution in [2.45, 2.75) is 33.1 Å². The summed E-state index contributed by atoms with van der Waals surface area (Å²) < 4.78 is 5.73. The highest BCUT2D eigenvalue weighted by molar-refractivity contribution is 5.95. The molecular weight excluding hydrogens is 314 g/mol. The summed E-state index contributed by atoms with van der Waals surface area (Å²) in [6.07, 6.45) is 2.73. The molecule has 1 aromatic carbocycles. The van der Waals surface area contributed by atoms with Crippen LogP contribution in [0.25, 0.3) is 0 Å². The number of nitrogens with zero attached hydrogens (tertiary/aromatic N) is 2. The number of hydrogen-bond donors (Lipinski definition) is 1. The van der Waals surface area contributed by atoms with Gasteiger partial charge >= 0.3 is 0 Å². The smallest absolute Gasteiger partial charge is 0.271 e. The molecule has 0 saturated heterocycles. The Morgan fingerprint density at radius 1 is 1.24 bits per heavy atom. The number of hydrazone groups is 1. The Hall–Kier alpha value is -2.56. The number of carbonyl (C=O) groups is 1. The van der Waals surface area contributed by atoms with E-state index in [1.54, 1.807) is 6.21 Å². The van der Waals surface area contributed by atoms with Crippen molar-refractivity contribution in [1.29, 1.82) is 0 Å². The predicted octanol–water partition coefficient (Wildman–Crippen LogP) is 4.01. The maximum Gasteiger partial charge on any atom is 0.271 e. The molecule has 1 aliphatic rings. The van der Waals surface area contributed by atoms with Crippen LogP contribution in [-0.2, 0) is 0 Å². The Kier molecular flexibility index (Phi) is 5.22. The maximum absolute atomic E-state index is 12.2. The molecule has 1 fully saturated rings. The van der Waals surface area contributed by atoms with Gasteiger partial charge in [0.1, 0.15) is 11.5 Å². The van der Waals surface area contributed by atoms with E-state index < -0.39 is 0 Å². The van der Waals surface area contributed by atoms with Gasteiger partial charge in [0.05, 0.1) is 6.21 Å². The van der Waals surface area contributed by atoms with Gasteiger partial charge in [0.15, 0.2) is 0 Å². The molecule has 1 N–H and O–H groups in total. The lowest BCUT2D eigenvalue weighted by atomic mass is 10.2. The Morgan fingerprint density at radius 3 is 2.52 bits per heavy atom. The second-order valence-corrected chi connectivity index (χ2v) is 6.48. The Balaban J connectivity index is 1.56. The van der Waals surface area contributed by atoms with Crippen LogP contribution in [0.1, 0.15) is 55.0 Å². The molecule has 0 radical (unpaired) electrons. The standard InChI is InChI=1S/C20H25N3O2/c1-4-23(5-2)16-8-6-15(7-9-16)20(24)22-21-13-17-10-11-19(25-17)18-12-14(18)3/h6-11,13-14,18H,4-5,12H2,1-3H3,(H,22,24)/b21-13-/t14-,18+/m0/s1. The minimum atomic E-state index is -0.232. The highest BCUT2D eigenvalue weighted by Crippen LogP contribution is 2.47. The predicted molar refractivity (Wildman–Crippen MR) is 100 cm³/mol. The first-order valence-corrected chi connectivity index (χ1v) is 8.90. The van der Waals surface area contributed by atoms with Crippen LogP contribution in [0.2, 0.25) is 0 Å². The zero-order chi connectivity index (χ0) is 17.8. The van der Waals surface area contributed by atoms with Crippen molar-refractivity contribution in [1.82, 2.24) is 5.43 Å². The number of carbonyl (C=O) groups excluding carboxylic acids is 1. The van der Waals surface area contributed by atoms with Crippen molar-refractivity contribution in [3.05, 3.63) is 53.5 Å². The molecule has 25 heavy (non-hydrogen) atoms. The number of benzene rings is 1. The third kappa shape index (κ3) is 4.10. The summed E-state index contributed by atoms with van der Waals surface area (Å²) in [6, 6.07) is 11.4. The first-order valence-electron chi connectivity index (χ1n) is 8.90. The van der Waals surface area contributed by atoms with Gasteiger partial charge in [0, 0.05) is 30.3 Å². The van der Waals surface area contributed by atoms with E-state index in [-0.39, 0.29) is 5.91 Å². The molecule has 1 aliphatic carbocycles. The van der Waals surface area contributed by atoms with E-state index in [2.05, 4.69) is 36.2 Å². The lowest BCUT2D eigenvalue weighted by Gasteiger charge is -2.20. The molecule has 1 amide bonds. The molecule has 5 nitrogen and oxygen atoms in total. The molecule has 2 aromatic rings. The van der Waals surface area contributed by atoms with E-state index in [1.165, 1.54) is 6.42 Å². The lowest BCUT2D eigenvalue weighted by Crippen LogP contribution is -2.22. The molecule has 1 aromatic heterocycles. The first kappa shape index (κ1) is 17.3. The highest BCUT2D eigenvalue weighted by Gasteiger charge is 2.36. The Morgan fingerprint density at radius 2 is 1.92 bits per heavy atom. The molecule has 2 atom stereocenters. The van der Waals surface area contributed by atoms with Gasteiger partial charge < -0.3 is 9.32 Å². The molecule has 0 aliphatic heterocycles. The number of hydrogen-bond acceptors (Lipinski definition) is 4. The SMILES string of the molecule is CCN(CC)c1ccc(C(=O)N/N=C\c2ccc([C@@H]3C[C@@H]3C)o2)cc1. The average molecular weight is 339 g/mol. The van der Waals surface area contributed by atoms with Crippen LogP contribution < -0.4 is 10.3 Å². The molecule has 3 rings (SSSR count). The third-order valence-electron chi connectivity index (χ3n) is 4.74. The van der Waals surface area contributed by atoms with Crippen LogP contribution in [0.5, 0.6) is 0 Å². The van der Waals surface area contributed by atoms with Gasteiger partial charge in [-0.15, -0.1) is 0 Å². The molecule has 0 unspecified atom stereocenters. The zero-order valence-corrected chi connectivity index (χ0v) is 15.0. The van der Waals surface area contributed by atoms with Gasteiger partial charge in [-0.2, -0.15) is 5.10 Å². The van der Waals surface area contributed by atoms with Crippen molar-refractivity contribution >= 4 is 17.8 Å². The van der Waals surface area contributed by atoms with Gasteiger partial charge in [-0.1, -0.05) is 6.92 Å². The fourth-order valence-electron chi connectivity index (χ4n) is 2.99. The van der Waals surface area contributed by atoms with Crippen molar-refractivity contribution in [3.63, 3.8) is 0 Å². The first-order chi connectivity index (χ1) is 12.1. The van der Waals surface area contributed by atoms with Gasteiger partial charge in [0.2, 0.25) is 0 Å². The summed E-state index contributed by atoms with van der Waals surface area (Å²) in [5.74, 6) is 2.68. The van der Waals surface area contributed by atoms with E-state index in [0.29, 0.717) is 23.2 Å². The lowest BCUT2D eigenvalue weighted by molar-refractivity contribution is 0.0955. The number of furan rings is 1. The summed E-state index contributed by atoms with van der Waals surface area (Å²) >= 11 is 0. The summed E-state index contributed by atoms with van der Waals surface area (Å²) in [6.45, 7) is 8.33. The normalized spacial score (nSPS) is 19.2. The third-order valence-corrected chi connectivity index (χ3v) is 4.74. The van der Waals surface area contributed by atoms with Crippen LogP contribution in [-0.4, -0.2) is 25.2 Å². The largest absolute Gasteiger partial charge is 0.460 e. The number of amides is 1. The fourth-order valence-corrected chi connectivity index (χ4v) is 2.99. The second kappa shape index (κ2) is 7.55. The van der Waals surface area contributed by atoms with Gasteiger partial charge in [-0.25, -0.2) is 5.43 Å². The van der Waals surface area contributed by atoms with Crippen molar-refractivity contribution < 1.29 is 9.21 Å². The molecule has 5 heteroatoms. The molecule has 0 bridgehead atoms.